The summed E-state index contributed by atoms with van der Waals surface area (Å²) in [7, 11) is 1.66. The minimum absolute atomic E-state index is 0.158. The van der Waals surface area contributed by atoms with Gasteiger partial charge in [-0.3, -0.25) is 4.79 Å². The first-order valence-corrected chi connectivity index (χ1v) is 7.47. The van der Waals surface area contributed by atoms with E-state index in [1.54, 1.807) is 12.0 Å². The number of carbonyl (C=O) groups is 1. The Bertz CT molecular complexity index is 500. The van der Waals surface area contributed by atoms with Crippen molar-refractivity contribution in [1.82, 2.24) is 20.3 Å². The molecule has 0 spiro atoms. The molecule has 2 heterocycles. The molecule has 0 unspecified atom stereocenters. The van der Waals surface area contributed by atoms with Crippen LogP contribution in [0.3, 0.4) is 0 Å². The Morgan fingerprint density at radius 3 is 2.90 bits per heavy atom. The maximum absolute atomic E-state index is 12.8. The molecule has 1 aromatic rings. The summed E-state index contributed by atoms with van der Waals surface area (Å²) in [6, 6.07) is 0. The van der Waals surface area contributed by atoms with Gasteiger partial charge in [0.1, 0.15) is 11.3 Å². The molecule has 1 aliphatic carbocycles. The smallest absolute Gasteiger partial charge is 0.228 e. The third-order valence-electron chi connectivity index (χ3n) is 4.98. The topological polar surface area (TPSA) is 91.3 Å². The lowest BCUT2D eigenvalue weighted by atomic mass is 9.66. The van der Waals surface area contributed by atoms with Crippen LogP contribution in [0, 0.1) is 5.41 Å². The molecule has 1 amide bonds. The zero-order valence-corrected chi connectivity index (χ0v) is 12.3. The molecule has 0 radical (unpaired) electrons. The van der Waals surface area contributed by atoms with Crippen molar-refractivity contribution in [3.63, 3.8) is 0 Å². The third kappa shape index (κ3) is 2.44. The number of methoxy groups -OCH3 is 1. The third-order valence-corrected chi connectivity index (χ3v) is 4.98. The number of nitrogens with zero attached hydrogens (tertiary/aromatic N) is 3. The SMILES string of the molecule is COCCC1(C(=O)N2CC[C@](O)(c3cn[nH]n3)C2)CCC1. The van der Waals surface area contributed by atoms with Crippen molar-refractivity contribution in [2.45, 2.75) is 37.7 Å². The Labute approximate surface area is 123 Å². The maximum Gasteiger partial charge on any atom is 0.228 e. The number of H-pyrrole nitrogens is 1. The van der Waals surface area contributed by atoms with E-state index in [9.17, 15) is 9.90 Å². The van der Waals surface area contributed by atoms with Gasteiger partial charge in [-0.2, -0.15) is 15.4 Å². The number of aromatic amines is 1. The van der Waals surface area contributed by atoms with Crippen LogP contribution in [0.4, 0.5) is 0 Å². The summed E-state index contributed by atoms with van der Waals surface area (Å²) in [5.74, 6) is 0.158. The van der Waals surface area contributed by atoms with Gasteiger partial charge < -0.3 is 14.7 Å². The molecule has 7 heteroatoms. The molecular weight excluding hydrogens is 272 g/mol. The fourth-order valence-electron chi connectivity index (χ4n) is 3.41. The van der Waals surface area contributed by atoms with Gasteiger partial charge >= 0.3 is 0 Å². The van der Waals surface area contributed by atoms with E-state index in [0.717, 1.165) is 25.7 Å². The number of hydrogen-bond acceptors (Lipinski definition) is 5. The van der Waals surface area contributed by atoms with Crippen LogP contribution in [0.25, 0.3) is 0 Å². The molecule has 2 fully saturated rings. The fraction of sp³-hybridized carbons (Fsp3) is 0.786. The molecule has 1 aromatic heterocycles. The zero-order chi connectivity index (χ0) is 14.9. The molecule has 1 atom stereocenters. The first-order chi connectivity index (χ1) is 10.1. The van der Waals surface area contributed by atoms with Crippen LogP contribution < -0.4 is 0 Å². The van der Waals surface area contributed by atoms with Crippen LogP contribution in [-0.2, 0) is 15.1 Å². The Morgan fingerprint density at radius 2 is 2.33 bits per heavy atom. The highest BCUT2D eigenvalue weighted by Gasteiger charge is 2.50. The summed E-state index contributed by atoms with van der Waals surface area (Å²) in [5.41, 5.74) is -0.836. The van der Waals surface area contributed by atoms with Gasteiger partial charge in [0.2, 0.25) is 5.91 Å². The van der Waals surface area contributed by atoms with E-state index in [4.69, 9.17) is 4.74 Å². The van der Waals surface area contributed by atoms with Crippen molar-refractivity contribution in [2.24, 2.45) is 5.41 Å². The second kappa shape index (κ2) is 5.38. The lowest BCUT2D eigenvalue weighted by Crippen LogP contribution is -2.48. The van der Waals surface area contributed by atoms with Crippen LogP contribution in [-0.4, -0.2) is 58.1 Å². The molecule has 1 saturated carbocycles. The zero-order valence-electron chi connectivity index (χ0n) is 12.3. The van der Waals surface area contributed by atoms with Crippen molar-refractivity contribution in [1.29, 1.82) is 0 Å². The number of aliphatic hydroxyl groups is 1. The van der Waals surface area contributed by atoms with Crippen LogP contribution in [0.15, 0.2) is 6.20 Å². The van der Waals surface area contributed by atoms with Crippen LogP contribution >= 0.6 is 0 Å². The average molecular weight is 294 g/mol. The molecule has 3 rings (SSSR count). The second-order valence-electron chi connectivity index (χ2n) is 6.24. The van der Waals surface area contributed by atoms with Gasteiger partial charge in [0.15, 0.2) is 0 Å². The fourth-order valence-corrected chi connectivity index (χ4v) is 3.41. The van der Waals surface area contributed by atoms with E-state index < -0.39 is 5.60 Å². The van der Waals surface area contributed by atoms with Crippen LogP contribution in [0.1, 0.15) is 37.8 Å². The predicted molar refractivity (Wildman–Crippen MR) is 74.3 cm³/mol. The van der Waals surface area contributed by atoms with Crippen LogP contribution in [0.5, 0.6) is 0 Å². The number of likely N-dealkylation sites (tertiary alicyclic amines) is 1. The largest absolute Gasteiger partial charge is 0.385 e. The van der Waals surface area contributed by atoms with E-state index in [2.05, 4.69) is 15.4 Å². The van der Waals surface area contributed by atoms with Crippen molar-refractivity contribution >= 4 is 5.91 Å². The van der Waals surface area contributed by atoms with E-state index in [1.165, 1.54) is 6.20 Å². The Balaban J connectivity index is 1.69. The maximum atomic E-state index is 12.8. The summed E-state index contributed by atoms with van der Waals surface area (Å²) >= 11 is 0. The molecule has 116 valence electrons. The van der Waals surface area contributed by atoms with Gasteiger partial charge in [-0.1, -0.05) is 6.42 Å². The molecule has 1 saturated heterocycles. The van der Waals surface area contributed by atoms with Gasteiger partial charge in [0.25, 0.3) is 0 Å². The molecule has 0 bridgehead atoms. The summed E-state index contributed by atoms with van der Waals surface area (Å²) in [6.45, 7) is 1.47. The molecule has 7 nitrogen and oxygen atoms in total. The second-order valence-corrected chi connectivity index (χ2v) is 6.24. The van der Waals surface area contributed by atoms with Gasteiger partial charge in [-0.05, 0) is 19.3 Å². The molecular formula is C14H22N4O3. The number of rotatable bonds is 5. The van der Waals surface area contributed by atoms with Crippen molar-refractivity contribution in [3.8, 4) is 0 Å². The first-order valence-electron chi connectivity index (χ1n) is 7.47. The number of amides is 1. The number of hydrogen-bond donors (Lipinski definition) is 2. The number of aromatic nitrogens is 3. The van der Waals surface area contributed by atoms with Crippen molar-refractivity contribution < 1.29 is 14.6 Å². The van der Waals surface area contributed by atoms with Gasteiger partial charge in [0.05, 0.1) is 18.2 Å². The number of β-amino-alcohol motifs (C(OH)–C–C–N with tert-alkyl or cyclic N) is 1. The van der Waals surface area contributed by atoms with E-state index in [0.29, 0.717) is 31.8 Å². The molecule has 0 aromatic carbocycles. The highest BCUT2D eigenvalue weighted by atomic mass is 16.5. The highest BCUT2D eigenvalue weighted by molar-refractivity contribution is 5.84. The van der Waals surface area contributed by atoms with E-state index >= 15 is 0 Å². The Kier molecular flexibility index (Phi) is 3.71. The lowest BCUT2D eigenvalue weighted by Gasteiger charge is -2.42. The average Bonchev–Trinajstić information content (AvgIpc) is 3.07. The van der Waals surface area contributed by atoms with Gasteiger partial charge in [0, 0.05) is 26.7 Å². The lowest BCUT2D eigenvalue weighted by molar-refractivity contribution is -0.149. The van der Waals surface area contributed by atoms with E-state index in [-0.39, 0.29) is 11.3 Å². The van der Waals surface area contributed by atoms with Gasteiger partial charge in [-0.25, -0.2) is 0 Å². The summed E-state index contributed by atoms with van der Waals surface area (Å²) < 4.78 is 5.14. The summed E-state index contributed by atoms with van der Waals surface area (Å²) in [6.07, 6.45) is 5.74. The molecule has 2 N–H and O–H groups in total. The summed E-state index contributed by atoms with van der Waals surface area (Å²) in [5, 5.41) is 20.9. The van der Waals surface area contributed by atoms with Crippen molar-refractivity contribution in [3.05, 3.63) is 11.9 Å². The predicted octanol–water partition coefficient (Wildman–Crippen LogP) is 0.431. The number of ether oxygens (including phenoxy) is 1. The van der Waals surface area contributed by atoms with Crippen molar-refractivity contribution in [2.75, 3.05) is 26.8 Å². The molecule has 2 aliphatic rings. The number of carbonyl (C=O) groups excluding carboxylic acids is 1. The normalized spacial score (nSPS) is 27.6. The van der Waals surface area contributed by atoms with Crippen LogP contribution in [0.2, 0.25) is 0 Å². The number of nitrogens with one attached hydrogen (secondary N) is 1. The Hall–Kier alpha value is -1.47. The Morgan fingerprint density at radius 1 is 1.52 bits per heavy atom. The molecule has 21 heavy (non-hydrogen) atoms. The van der Waals surface area contributed by atoms with E-state index in [1.807, 2.05) is 0 Å². The quantitative estimate of drug-likeness (QED) is 0.822. The molecule has 1 aliphatic heterocycles. The first kappa shape index (κ1) is 14.5. The highest BCUT2D eigenvalue weighted by Crippen LogP contribution is 2.46. The van der Waals surface area contributed by atoms with Gasteiger partial charge in [-0.15, -0.1) is 0 Å². The minimum Gasteiger partial charge on any atom is -0.385 e. The monoisotopic (exact) mass is 294 g/mol. The summed E-state index contributed by atoms with van der Waals surface area (Å²) in [4.78, 5) is 14.6. The minimum atomic E-state index is -1.07. The standard InChI is InChI=1S/C14H22N4O3/c1-21-8-6-13(3-2-4-13)12(19)18-7-5-14(20,10-18)11-9-15-17-16-11/h9,20H,2-8,10H2,1H3,(H,15,16,17)/t14-/m1/s1.